The SMILES string of the molecule is Cl.NC1CCC(O)CC1.O=C(CCCCCc1ccccc1)CC1CCC(O)CC1.O=C(O)CCCCCc1ccccc1. The van der Waals surface area contributed by atoms with Crippen molar-refractivity contribution in [1.82, 2.24) is 0 Å². The van der Waals surface area contributed by atoms with Gasteiger partial charge in [-0.1, -0.05) is 73.5 Å². The van der Waals surface area contributed by atoms with Gasteiger partial charge in [-0.15, -0.1) is 12.4 Å². The van der Waals surface area contributed by atoms with Gasteiger partial charge in [-0.25, -0.2) is 0 Å². The monoisotopic (exact) mass is 631 g/mol. The van der Waals surface area contributed by atoms with E-state index in [0.717, 1.165) is 109 Å². The molecule has 0 amide bonds. The fraction of sp³-hybridized carbons (Fsp3) is 0.622. The van der Waals surface area contributed by atoms with E-state index in [9.17, 15) is 14.7 Å². The lowest BCUT2D eigenvalue weighted by molar-refractivity contribution is -0.137. The van der Waals surface area contributed by atoms with Crippen molar-refractivity contribution >= 4 is 24.2 Å². The van der Waals surface area contributed by atoms with E-state index in [1.807, 2.05) is 24.3 Å². The van der Waals surface area contributed by atoms with E-state index in [4.69, 9.17) is 15.9 Å². The molecule has 44 heavy (non-hydrogen) atoms. The van der Waals surface area contributed by atoms with E-state index in [-0.39, 0.29) is 24.6 Å². The first-order valence-electron chi connectivity index (χ1n) is 16.7. The summed E-state index contributed by atoms with van der Waals surface area (Å²) in [5, 5.41) is 26.9. The number of aliphatic hydroxyl groups is 2. The third-order valence-corrected chi connectivity index (χ3v) is 8.54. The van der Waals surface area contributed by atoms with Gasteiger partial charge < -0.3 is 21.1 Å². The summed E-state index contributed by atoms with van der Waals surface area (Å²) in [6.45, 7) is 0. The van der Waals surface area contributed by atoms with E-state index in [0.29, 0.717) is 24.2 Å². The number of hydrogen-bond acceptors (Lipinski definition) is 5. The zero-order valence-electron chi connectivity index (χ0n) is 26.7. The summed E-state index contributed by atoms with van der Waals surface area (Å²) in [5.74, 6) is 0.269. The van der Waals surface area contributed by atoms with Crippen LogP contribution in [-0.2, 0) is 22.4 Å². The van der Waals surface area contributed by atoms with E-state index >= 15 is 0 Å². The summed E-state index contributed by atoms with van der Waals surface area (Å²) in [6.07, 6.45) is 17.6. The van der Waals surface area contributed by atoms with E-state index < -0.39 is 5.97 Å². The molecule has 7 heteroatoms. The number of nitrogens with two attached hydrogens (primary N) is 1. The van der Waals surface area contributed by atoms with Crippen molar-refractivity contribution in [2.24, 2.45) is 11.7 Å². The van der Waals surface area contributed by atoms with Crippen molar-refractivity contribution in [2.45, 2.75) is 140 Å². The Labute approximate surface area is 272 Å². The Morgan fingerprint density at radius 1 is 0.614 bits per heavy atom. The van der Waals surface area contributed by atoms with Crippen LogP contribution in [0, 0.1) is 5.92 Å². The molecule has 4 rings (SSSR count). The summed E-state index contributed by atoms with van der Waals surface area (Å²) in [5.41, 5.74) is 8.31. The molecule has 2 aliphatic carbocycles. The largest absolute Gasteiger partial charge is 0.481 e. The molecule has 0 heterocycles. The molecule has 0 radical (unpaired) electrons. The van der Waals surface area contributed by atoms with Gasteiger partial charge in [0, 0.05) is 25.3 Å². The highest BCUT2D eigenvalue weighted by atomic mass is 35.5. The van der Waals surface area contributed by atoms with Crippen molar-refractivity contribution in [3.8, 4) is 0 Å². The Hall–Kier alpha value is -2.25. The van der Waals surface area contributed by atoms with Crippen LogP contribution < -0.4 is 5.73 Å². The number of carboxylic acids is 1. The summed E-state index contributed by atoms with van der Waals surface area (Å²) in [7, 11) is 0. The molecule has 2 aromatic carbocycles. The molecular formula is C37H58ClNO5. The fourth-order valence-corrected chi connectivity index (χ4v) is 5.77. The van der Waals surface area contributed by atoms with Gasteiger partial charge in [-0.2, -0.15) is 0 Å². The first kappa shape index (κ1) is 39.8. The summed E-state index contributed by atoms with van der Waals surface area (Å²) in [4.78, 5) is 22.2. The van der Waals surface area contributed by atoms with E-state index in [2.05, 4.69) is 36.4 Å². The number of carboxylic acid groups (broad SMARTS) is 1. The number of unbranched alkanes of at least 4 members (excludes halogenated alkanes) is 4. The molecule has 0 aromatic heterocycles. The van der Waals surface area contributed by atoms with Crippen molar-refractivity contribution < 1.29 is 24.9 Å². The van der Waals surface area contributed by atoms with Crippen LogP contribution in [-0.4, -0.2) is 45.3 Å². The topological polar surface area (TPSA) is 121 Å². The maximum atomic E-state index is 12.0. The minimum Gasteiger partial charge on any atom is -0.481 e. The van der Waals surface area contributed by atoms with Gasteiger partial charge in [0.25, 0.3) is 0 Å². The second-order valence-electron chi connectivity index (χ2n) is 12.5. The zero-order chi connectivity index (χ0) is 31.1. The lowest BCUT2D eigenvalue weighted by Gasteiger charge is -2.24. The molecule has 0 unspecified atom stereocenters. The smallest absolute Gasteiger partial charge is 0.303 e. The highest BCUT2D eigenvalue weighted by molar-refractivity contribution is 5.85. The minimum atomic E-state index is -0.690. The van der Waals surface area contributed by atoms with Crippen LogP contribution in [0.25, 0.3) is 0 Å². The average Bonchev–Trinajstić information content (AvgIpc) is 3.01. The third-order valence-electron chi connectivity index (χ3n) is 8.54. The number of hydrogen-bond donors (Lipinski definition) is 4. The number of carbonyl (C=O) groups excluding carboxylic acids is 1. The van der Waals surface area contributed by atoms with Gasteiger partial charge in [-0.3, -0.25) is 9.59 Å². The standard InChI is InChI=1S/C19H28O2.C12H16O2.C6H13NO.ClH/c20-18-13-11-17(12-14-18)15-19(21)10-6-2-5-9-16-7-3-1-4-8-16;13-12(14)10-6-2-5-9-11-7-3-1-4-8-11;7-5-1-3-6(8)4-2-5;/h1,3-4,7-8,17-18,20H,2,5-6,9-15H2;1,3-4,7-8H,2,5-6,9-10H2,(H,13,14);5-6,8H,1-4,7H2;1H. The highest BCUT2D eigenvalue weighted by Crippen LogP contribution is 2.27. The second kappa shape index (κ2) is 25.0. The van der Waals surface area contributed by atoms with Gasteiger partial charge in [-0.05, 0) is 107 Å². The molecule has 2 aliphatic rings. The van der Waals surface area contributed by atoms with E-state index in [1.54, 1.807) is 0 Å². The Morgan fingerprint density at radius 2 is 1.05 bits per heavy atom. The second-order valence-corrected chi connectivity index (χ2v) is 12.5. The average molecular weight is 632 g/mol. The van der Waals surface area contributed by atoms with Crippen LogP contribution in [0.5, 0.6) is 0 Å². The maximum Gasteiger partial charge on any atom is 0.303 e. The Bertz CT molecular complexity index is 964. The predicted molar refractivity (Wildman–Crippen MR) is 182 cm³/mol. The summed E-state index contributed by atoms with van der Waals surface area (Å²) < 4.78 is 0. The van der Waals surface area contributed by atoms with Crippen molar-refractivity contribution in [3.63, 3.8) is 0 Å². The third kappa shape index (κ3) is 20.7. The van der Waals surface area contributed by atoms with Gasteiger partial charge in [0.2, 0.25) is 0 Å². The molecule has 2 aromatic rings. The van der Waals surface area contributed by atoms with Crippen LogP contribution in [0.3, 0.4) is 0 Å². The van der Waals surface area contributed by atoms with Crippen LogP contribution in [0.15, 0.2) is 60.7 Å². The molecule has 0 bridgehead atoms. The molecule has 0 aliphatic heterocycles. The number of aryl methyl sites for hydroxylation is 2. The zero-order valence-corrected chi connectivity index (χ0v) is 27.5. The minimum absolute atomic E-state index is 0. The number of benzene rings is 2. The number of rotatable bonds is 14. The Morgan fingerprint density at radius 3 is 1.48 bits per heavy atom. The van der Waals surface area contributed by atoms with Crippen LogP contribution in [0.4, 0.5) is 0 Å². The number of halogens is 1. The van der Waals surface area contributed by atoms with Gasteiger partial charge in [0.05, 0.1) is 12.2 Å². The van der Waals surface area contributed by atoms with E-state index in [1.165, 1.54) is 17.5 Å². The number of aliphatic carboxylic acids is 1. The summed E-state index contributed by atoms with van der Waals surface area (Å²) >= 11 is 0. The van der Waals surface area contributed by atoms with Gasteiger partial charge in [0.1, 0.15) is 5.78 Å². The fourth-order valence-electron chi connectivity index (χ4n) is 5.77. The Balaban J connectivity index is 0.000000362. The van der Waals surface area contributed by atoms with Gasteiger partial charge >= 0.3 is 5.97 Å². The molecule has 0 spiro atoms. The molecule has 2 fully saturated rings. The molecule has 248 valence electrons. The van der Waals surface area contributed by atoms with Crippen molar-refractivity contribution in [1.29, 1.82) is 0 Å². The predicted octanol–water partition coefficient (Wildman–Crippen LogP) is 7.84. The Kier molecular flexibility index (Phi) is 22.6. The van der Waals surface area contributed by atoms with Crippen molar-refractivity contribution in [3.05, 3.63) is 71.8 Å². The quantitative estimate of drug-likeness (QED) is 0.158. The maximum absolute atomic E-state index is 12.0. The number of carbonyl (C=O) groups is 2. The normalized spacial score (nSPS) is 21.0. The van der Waals surface area contributed by atoms with Gasteiger partial charge in [0.15, 0.2) is 0 Å². The summed E-state index contributed by atoms with van der Waals surface area (Å²) in [6, 6.07) is 21.2. The molecule has 6 nitrogen and oxygen atoms in total. The first-order valence-corrected chi connectivity index (χ1v) is 16.7. The number of Topliss-reactive ketones (excluding diaryl/α,β-unsaturated/α-hetero) is 1. The highest BCUT2D eigenvalue weighted by Gasteiger charge is 2.21. The van der Waals surface area contributed by atoms with Crippen LogP contribution >= 0.6 is 12.4 Å². The molecule has 0 atom stereocenters. The molecule has 0 saturated heterocycles. The lowest BCUT2D eigenvalue weighted by atomic mass is 9.84. The first-order chi connectivity index (χ1) is 20.8. The number of aliphatic hydroxyl groups excluding tert-OH is 2. The number of ketones is 1. The molecule has 5 N–H and O–H groups in total. The van der Waals surface area contributed by atoms with Crippen molar-refractivity contribution in [2.75, 3.05) is 0 Å². The lowest BCUT2D eigenvalue weighted by Crippen LogP contribution is -2.28. The molecular weight excluding hydrogens is 574 g/mol. The van der Waals surface area contributed by atoms with Crippen LogP contribution in [0.2, 0.25) is 0 Å². The van der Waals surface area contributed by atoms with Crippen LogP contribution in [0.1, 0.15) is 120 Å². The molecule has 2 saturated carbocycles.